The van der Waals surface area contributed by atoms with E-state index < -0.39 is 8.07 Å². The van der Waals surface area contributed by atoms with E-state index >= 15 is 0 Å². The summed E-state index contributed by atoms with van der Waals surface area (Å²) < 4.78 is 0.342. The van der Waals surface area contributed by atoms with Crippen LogP contribution in [0, 0.1) is 0 Å². The summed E-state index contributed by atoms with van der Waals surface area (Å²) in [6.45, 7) is 2.24. The Balaban J connectivity index is 0.00000133. The van der Waals surface area contributed by atoms with Gasteiger partial charge in [-0.25, -0.2) is 0 Å². The van der Waals surface area contributed by atoms with Crippen molar-refractivity contribution < 1.29 is 57.7 Å². The monoisotopic (exact) mass is 392 g/mol. The second kappa shape index (κ2) is 8.38. The number of benzene rings is 1. The molecule has 0 amide bonds. The van der Waals surface area contributed by atoms with Crippen LogP contribution in [0.2, 0.25) is 15.4 Å². The van der Waals surface area contributed by atoms with E-state index in [4.69, 9.17) is 0 Å². The molecule has 1 saturated heterocycles. The summed E-state index contributed by atoms with van der Waals surface area (Å²) in [7, 11) is -1.40. The van der Waals surface area contributed by atoms with Gasteiger partial charge in [0.15, 0.2) is 0 Å². The predicted molar refractivity (Wildman–Crippen MR) is 76.3 cm³/mol. The fraction of sp³-hybridized carbons (Fsp3) is 0.375. The Morgan fingerprint density at radius 1 is 1.00 bits per heavy atom. The van der Waals surface area contributed by atoms with Gasteiger partial charge in [0.25, 0.3) is 0 Å². The van der Waals surface area contributed by atoms with Gasteiger partial charge in [0.05, 0.1) is 0 Å². The van der Waals surface area contributed by atoms with E-state index in [1.807, 2.05) is 0 Å². The minimum Gasteiger partial charge on any atom is -1.00 e. The van der Waals surface area contributed by atoms with Gasteiger partial charge >= 0.3 is 123 Å². The molecule has 0 spiro atoms. The van der Waals surface area contributed by atoms with Gasteiger partial charge in [0, 0.05) is 0 Å². The Kier molecular flexibility index (Phi) is 8.58. The molecule has 1 fully saturated rings. The molecule has 1 atom stereocenters. The molecule has 1 aromatic rings. The summed E-state index contributed by atoms with van der Waals surface area (Å²) in [5, 5.41) is 1.67. The Bertz CT molecular complexity index is 510. The van der Waals surface area contributed by atoms with E-state index in [0.717, 1.165) is 0 Å². The summed E-state index contributed by atoms with van der Waals surface area (Å²) in [6, 6.07) is 14.3. The van der Waals surface area contributed by atoms with Crippen LogP contribution in [0.25, 0.3) is 0 Å². The maximum atomic E-state index is 2.54. The first kappa shape index (κ1) is 21.5. The molecule has 1 aliphatic heterocycles. The van der Waals surface area contributed by atoms with Crippen molar-refractivity contribution >= 4 is 13.3 Å². The van der Waals surface area contributed by atoms with Crippen molar-refractivity contribution in [3.63, 3.8) is 0 Å². The van der Waals surface area contributed by atoms with Crippen LogP contribution in [0.4, 0.5) is 0 Å². The quantitative estimate of drug-likeness (QED) is 0.441. The topological polar surface area (TPSA) is 0 Å². The number of rotatable bonds is 2. The van der Waals surface area contributed by atoms with Crippen molar-refractivity contribution in [2.45, 2.75) is 35.2 Å². The molecule has 2 aliphatic rings. The van der Waals surface area contributed by atoms with Gasteiger partial charge in [-0.3, -0.25) is 0 Å². The minimum absolute atomic E-state index is 0. The van der Waals surface area contributed by atoms with Crippen molar-refractivity contribution in [2.75, 3.05) is 0 Å². The van der Waals surface area contributed by atoms with Crippen LogP contribution >= 0.6 is 0 Å². The molecule has 0 saturated carbocycles. The van der Waals surface area contributed by atoms with Gasteiger partial charge < -0.3 is 37.2 Å². The molecule has 0 bridgehead atoms. The van der Waals surface area contributed by atoms with E-state index in [-0.39, 0.29) is 37.2 Å². The number of hydrogen-bond donors (Lipinski definition) is 0. The molecule has 0 nitrogen and oxygen atoms in total. The molecule has 0 aromatic heterocycles. The van der Waals surface area contributed by atoms with Gasteiger partial charge in [0.2, 0.25) is 0 Å². The molecule has 1 aromatic carbocycles. The van der Waals surface area contributed by atoms with E-state index in [0.29, 0.717) is 3.34 Å². The summed E-state index contributed by atoms with van der Waals surface area (Å²) in [6.07, 6.45) is 10.2. The van der Waals surface area contributed by atoms with Crippen LogP contribution < -0.4 is 42.4 Å². The molecule has 0 radical (unpaired) electrons. The third kappa shape index (κ3) is 3.71. The molecule has 1 aliphatic carbocycles. The summed E-state index contributed by atoms with van der Waals surface area (Å²) in [5.41, 5.74) is 1.45. The van der Waals surface area contributed by atoms with E-state index in [9.17, 15) is 0 Å². The zero-order valence-electron chi connectivity index (χ0n) is 12.1. The number of halogens is 3. The molecule has 3 rings (SSSR count). The van der Waals surface area contributed by atoms with E-state index in [2.05, 4.69) is 75.9 Å². The van der Waals surface area contributed by atoms with Crippen molar-refractivity contribution in [2.24, 2.45) is 0 Å². The molecule has 0 N–H and O–H groups in total. The number of hydrogen-bond acceptors (Lipinski definition) is 0. The first-order chi connectivity index (χ1) is 8.66. The molecule has 21 heavy (non-hydrogen) atoms. The third-order valence-electron chi connectivity index (χ3n) is 4.64. The van der Waals surface area contributed by atoms with Crippen LogP contribution in [0.15, 0.2) is 54.1 Å². The van der Waals surface area contributed by atoms with Crippen LogP contribution in [0.3, 0.4) is 0 Å². The average Bonchev–Trinajstić information content (AvgIpc) is 2.99. The van der Waals surface area contributed by atoms with Crippen molar-refractivity contribution in [1.82, 2.24) is 0 Å². The fourth-order valence-corrected chi connectivity index (χ4v) is 11.6. The van der Waals surface area contributed by atoms with Gasteiger partial charge in [-0.15, -0.1) is 0 Å². The second-order valence-corrected chi connectivity index (χ2v) is 12.4. The van der Waals surface area contributed by atoms with Crippen LogP contribution in [-0.2, 0) is 20.4 Å². The smallest absolute Gasteiger partial charge is 1.00 e. The van der Waals surface area contributed by atoms with E-state index in [1.165, 1.54) is 30.5 Å². The van der Waals surface area contributed by atoms with Crippen LogP contribution in [-0.4, -0.2) is 8.07 Å². The molecular formula is C16H19Cl3SiTi. The van der Waals surface area contributed by atoms with Crippen molar-refractivity contribution in [1.29, 1.82) is 0 Å². The van der Waals surface area contributed by atoms with Gasteiger partial charge in [-0.1, -0.05) is 0 Å². The molecule has 1 unspecified atom stereocenters. The van der Waals surface area contributed by atoms with Crippen molar-refractivity contribution in [3.8, 4) is 0 Å². The molecule has 5 heteroatoms. The summed E-state index contributed by atoms with van der Waals surface area (Å²) >= 11 is 2.48. The predicted octanol–water partition coefficient (Wildman–Crippen LogP) is -5.09. The maximum Gasteiger partial charge on any atom is -1.00 e. The van der Waals surface area contributed by atoms with Crippen LogP contribution in [0.5, 0.6) is 0 Å². The molecule has 1 heterocycles. The first-order valence-corrected chi connectivity index (χ1v) is 10.1. The zero-order valence-corrected chi connectivity index (χ0v) is 16.9. The maximum absolute atomic E-state index is 2.54. The summed E-state index contributed by atoms with van der Waals surface area (Å²) in [5.74, 6) is 0. The van der Waals surface area contributed by atoms with Gasteiger partial charge in [-0.05, 0) is 0 Å². The molecule has 112 valence electrons. The van der Waals surface area contributed by atoms with E-state index in [1.54, 1.807) is 5.19 Å². The largest absolute Gasteiger partial charge is 1.00 e. The standard InChI is InChI=1S/C16H19Si.3ClH.Ti/c1-14-9-10-16(13-14)17(11-5-6-12-17)15-7-3-2-4-8-15;;;;/h2-4,7-10,13H,5-6,11-12H2,1H3;3*1H;/q;;;;+3/p-3. The van der Waals surface area contributed by atoms with Gasteiger partial charge in [-0.2, -0.15) is 0 Å². The third-order valence-corrected chi connectivity index (χ3v) is 13.1. The normalized spacial score (nSPS) is 25.4. The Morgan fingerprint density at radius 2 is 1.57 bits per heavy atom. The summed E-state index contributed by atoms with van der Waals surface area (Å²) in [4.78, 5) is 0. The fourth-order valence-electron chi connectivity index (χ4n) is 3.69. The average molecular weight is 394 g/mol. The first-order valence-electron chi connectivity index (χ1n) is 6.86. The van der Waals surface area contributed by atoms with Crippen LogP contribution in [0.1, 0.15) is 19.8 Å². The van der Waals surface area contributed by atoms with Crippen molar-refractivity contribution in [3.05, 3.63) is 54.1 Å². The zero-order chi connectivity index (χ0) is 12.6. The Labute approximate surface area is 159 Å². The molecular weight excluding hydrogens is 374 g/mol. The SMILES string of the molecule is CC1=C[C]([Ti+3])([Si]2(c3ccccc3)CCCC2)C=C1.[Cl-].[Cl-].[Cl-]. The Hall–Kier alpha value is 0.501. The number of allylic oxidation sites excluding steroid dienone is 4. The minimum atomic E-state index is -1.40. The van der Waals surface area contributed by atoms with Gasteiger partial charge in [0.1, 0.15) is 0 Å². The second-order valence-electron chi connectivity index (χ2n) is 5.75. The Morgan fingerprint density at radius 3 is 2.05 bits per heavy atom.